The zero-order valence-corrected chi connectivity index (χ0v) is 21.7. The van der Waals surface area contributed by atoms with Crippen LogP contribution in [0, 0.1) is 0 Å². The van der Waals surface area contributed by atoms with Crippen molar-refractivity contribution in [3.05, 3.63) is 46.8 Å². The summed E-state index contributed by atoms with van der Waals surface area (Å²) in [6, 6.07) is 12.3. The number of nitrogens with one attached hydrogen (secondary N) is 1. The Bertz CT molecular complexity index is 1010. The Labute approximate surface area is 202 Å². The third-order valence-corrected chi connectivity index (χ3v) is 9.50. The van der Waals surface area contributed by atoms with E-state index in [2.05, 4.69) is 36.5 Å². The van der Waals surface area contributed by atoms with Gasteiger partial charge in [0.15, 0.2) is 9.84 Å². The van der Waals surface area contributed by atoms with Crippen LogP contribution in [0.2, 0.25) is 0 Å². The van der Waals surface area contributed by atoms with Crippen LogP contribution in [0.15, 0.2) is 36.4 Å². The molecule has 1 atom stereocenters. The molecule has 0 aliphatic carbocycles. The lowest BCUT2D eigenvalue weighted by Crippen LogP contribution is -2.40. The van der Waals surface area contributed by atoms with Gasteiger partial charge in [-0.15, -0.1) is 23.7 Å². The van der Waals surface area contributed by atoms with E-state index in [9.17, 15) is 13.2 Å². The van der Waals surface area contributed by atoms with Crippen molar-refractivity contribution in [1.82, 2.24) is 5.32 Å². The van der Waals surface area contributed by atoms with Crippen LogP contribution in [0.1, 0.15) is 57.4 Å². The Morgan fingerprint density at radius 1 is 1.12 bits per heavy atom. The number of carbonyl (C=O) groups is 1. The molecule has 178 valence electrons. The Hall–Kier alpha value is -1.41. The molecule has 5 nitrogen and oxygen atoms in total. The normalized spacial score (nSPS) is 20.8. The van der Waals surface area contributed by atoms with E-state index in [0.29, 0.717) is 19.5 Å². The Morgan fingerprint density at radius 2 is 1.81 bits per heavy atom. The third kappa shape index (κ3) is 6.13. The van der Waals surface area contributed by atoms with Gasteiger partial charge < -0.3 is 10.1 Å². The van der Waals surface area contributed by atoms with Crippen molar-refractivity contribution in [2.45, 2.75) is 63.7 Å². The van der Waals surface area contributed by atoms with Gasteiger partial charge in [-0.3, -0.25) is 4.79 Å². The maximum atomic E-state index is 13.4. The number of carbonyl (C=O) groups excluding carboxylic acids is 1. The number of halogens is 1. The van der Waals surface area contributed by atoms with Gasteiger partial charge >= 0.3 is 5.97 Å². The topological polar surface area (TPSA) is 72.5 Å². The van der Waals surface area contributed by atoms with Crippen molar-refractivity contribution < 1.29 is 17.9 Å². The van der Waals surface area contributed by atoms with Gasteiger partial charge in [0.05, 0.1) is 12.2 Å². The number of aryl methyl sites for hydroxylation is 1. The number of thiophene rings is 1. The van der Waals surface area contributed by atoms with Crippen LogP contribution in [-0.2, 0) is 30.5 Å². The summed E-state index contributed by atoms with van der Waals surface area (Å²) in [5, 5.41) is 3.18. The number of ether oxygens (including phenoxy) is 1. The number of rotatable bonds is 6. The van der Waals surface area contributed by atoms with E-state index in [1.165, 1.54) is 16.9 Å². The van der Waals surface area contributed by atoms with Crippen LogP contribution in [0.4, 0.5) is 0 Å². The average molecular weight is 500 g/mol. The first-order valence-electron chi connectivity index (χ1n) is 10.9. The van der Waals surface area contributed by atoms with Gasteiger partial charge in [-0.05, 0) is 63.4 Å². The maximum absolute atomic E-state index is 13.4. The van der Waals surface area contributed by atoms with E-state index in [-0.39, 0.29) is 24.6 Å². The first kappa shape index (κ1) is 26.8. The molecular weight excluding hydrogens is 466 g/mol. The van der Waals surface area contributed by atoms with Gasteiger partial charge in [-0.2, -0.15) is 0 Å². The zero-order chi connectivity index (χ0) is 22.7. The van der Waals surface area contributed by atoms with Crippen molar-refractivity contribution in [3.63, 3.8) is 0 Å². The molecule has 2 aromatic rings. The minimum absolute atomic E-state index is 0. The highest BCUT2D eigenvalue weighted by Crippen LogP contribution is 2.45. The van der Waals surface area contributed by atoms with Gasteiger partial charge in [0.2, 0.25) is 0 Å². The van der Waals surface area contributed by atoms with Crippen LogP contribution < -0.4 is 5.32 Å². The molecule has 1 saturated heterocycles. The Morgan fingerprint density at radius 3 is 2.44 bits per heavy atom. The summed E-state index contributed by atoms with van der Waals surface area (Å²) in [5.74, 6) is -0.466. The van der Waals surface area contributed by atoms with Crippen molar-refractivity contribution in [3.8, 4) is 10.4 Å². The molecule has 1 aliphatic rings. The first-order chi connectivity index (χ1) is 14.6. The lowest BCUT2D eigenvalue weighted by atomic mass is 9.97. The molecule has 1 aromatic carbocycles. The lowest BCUT2D eigenvalue weighted by Gasteiger charge is -2.31. The lowest BCUT2D eigenvalue weighted by molar-refractivity contribution is -0.155. The fourth-order valence-corrected chi connectivity index (χ4v) is 7.57. The van der Waals surface area contributed by atoms with Crippen molar-refractivity contribution in [2.75, 3.05) is 18.8 Å². The van der Waals surface area contributed by atoms with Crippen LogP contribution in [0.25, 0.3) is 10.4 Å². The van der Waals surface area contributed by atoms with E-state index >= 15 is 0 Å². The van der Waals surface area contributed by atoms with E-state index in [1.807, 2.05) is 12.1 Å². The average Bonchev–Trinajstić information content (AvgIpc) is 3.11. The van der Waals surface area contributed by atoms with Crippen LogP contribution in [0.5, 0.6) is 0 Å². The zero-order valence-electron chi connectivity index (χ0n) is 19.3. The summed E-state index contributed by atoms with van der Waals surface area (Å²) in [6.45, 7) is 8.49. The van der Waals surface area contributed by atoms with Crippen LogP contribution in [0.3, 0.4) is 0 Å². The number of hydrogen-bond acceptors (Lipinski definition) is 6. The molecule has 1 fully saturated rings. The summed E-state index contributed by atoms with van der Waals surface area (Å²) in [5.41, 5.74) is 1.70. The largest absolute Gasteiger partial charge is 0.460 e. The molecule has 1 N–H and O–H groups in total. The molecule has 1 aliphatic heterocycles. The van der Waals surface area contributed by atoms with Crippen molar-refractivity contribution in [1.29, 1.82) is 0 Å². The van der Waals surface area contributed by atoms with Gasteiger partial charge in [0.25, 0.3) is 0 Å². The summed E-state index contributed by atoms with van der Waals surface area (Å²) >= 11 is 1.47. The quantitative estimate of drug-likeness (QED) is 0.558. The Balaban J connectivity index is 0.00000363. The van der Waals surface area contributed by atoms with E-state index in [4.69, 9.17) is 4.74 Å². The Kier molecular flexibility index (Phi) is 8.96. The molecular formula is C24H34ClNO4S2. The first-order valence-corrected chi connectivity index (χ1v) is 13.4. The molecule has 2 heterocycles. The fourth-order valence-electron chi connectivity index (χ4n) is 4.01. The summed E-state index contributed by atoms with van der Waals surface area (Å²) in [4.78, 5) is 14.5. The molecule has 3 rings (SSSR count). The highest BCUT2D eigenvalue weighted by Gasteiger charge is 2.49. The second-order valence-electron chi connectivity index (χ2n) is 9.19. The summed E-state index contributed by atoms with van der Waals surface area (Å²) in [7, 11) is -3.56. The number of esters is 1. The van der Waals surface area contributed by atoms with Crippen molar-refractivity contribution >= 4 is 39.6 Å². The molecule has 1 aromatic heterocycles. The predicted molar refractivity (Wildman–Crippen MR) is 134 cm³/mol. The number of sulfone groups is 1. The monoisotopic (exact) mass is 499 g/mol. The van der Waals surface area contributed by atoms with Gasteiger partial charge in [0.1, 0.15) is 10.3 Å². The fraction of sp³-hybridized carbons (Fsp3) is 0.542. The van der Waals surface area contributed by atoms with Crippen molar-refractivity contribution in [2.24, 2.45) is 0 Å². The SMILES string of the molecule is CCCc1ccc(-c2ccc(C3(CC(=O)OC(C)(C)C)CCNCCS3(=O)=O)s2)cc1.Cl. The minimum Gasteiger partial charge on any atom is -0.460 e. The number of benzene rings is 1. The standard InChI is InChI=1S/C24H33NO4S2.ClH/c1-5-6-18-7-9-19(10-8-18)20-11-12-21(30-20)24(17-22(26)29-23(2,3)4)13-14-25-15-16-31(24,27)28;/h7-12,25H,5-6,13-17H2,1-4H3;1H. The molecule has 0 bridgehead atoms. The molecule has 0 spiro atoms. The molecule has 0 radical (unpaired) electrons. The molecule has 32 heavy (non-hydrogen) atoms. The molecule has 8 heteroatoms. The number of hydrogen-bond donors (Lipinski definition) is 1. The summed E-state index contributed by atoms with van der Waals surface area (Å²) in [6.07, 6.45) is 2.33. The molecule has 0 amide bonds. The highest BCUT2D eigenvalue weighted by atomic mass is 35.5. The smallest absolute Gasteiger partial charge is 0.308 e. The van der Waals surface area contributed by atoms with E-state index in [0.717, 1.165) is 28.2 Å². The molecule has 0 saturated carbocycles. The van der Waals surface area contributed by atoms with Crippen LogP contribution in [-0.4, -0.2) is 38.8 Å². The van der Waals surface area contributed by atoms with E-state index in [1.54, 1.807) is 20.8 Å². The maximum Gasteiger partial charge on any atom is 0.308 e. The minimum atomic E-state index is -3.56. The highest BCUT2D eigenvalue weighted by molar-refractivity contribution is 7.92. The predicted octanol–water partition coefficient (Wildman–Crippen LogP) is 5.12. The van der Waals surface area contributed by atoms with Crippen LogP contribution >= 0.6 is 23.7 Å². The van der Waals surface area contributed by atoms with E-state index < -0.39 is 26.2 Å². The second kappa shape index (κ2) is 10.7. The second-order valence-corrected chi connectivity index (χ2v) is 12.7. The van der Waals surface area contributed by atoms with Gasteiger partial charge in [-0.1, -0.05) is 37.6 Å². The van der Waals surface area contributed by atoms with Gasteiger partial charge in [-0.25, -0.2) is 8.42 Å². The third-order valence-electron chi connectivity index (χ3n) is 5.53. The molecule has 1 unspecified atom stereocenters. The summed E-state index contributed by atoms with van der Waals surface area (Å²) < 4.78 is 31.2. The van der Waals surface area contributed by atoms with Gasteiger partial charge in [0, 0.05) is 16.3 Å².